The molecule has 0 fully saturated rings. The maximum atomic E-state index is 12.2. The Morgan fingerprint density at radius 2 is 1.64 bits per heavy atom. The standard InChI is InChI=1S/C17H13Cl2N3O2S/c1-10(15(23)20-14-8-6-13(19)7-9-14)25-17-22-21-16(24-17)11-2-4-12(18)5-3-11/h2-10H,1H3,(H,20,23)/t10-/m1/s1. The largest absolute Gasteiger partial charge is 0.411 e. The van der Waals surface area contributed by atoms with Gasteiger partial charge >= 0.3 is 0 Å². The van der Waals surface area contributed by atoms with E-state index in [2.05, 4.69) is 15.5 Å². The first-order valence-corrected chi connectivity index (χ1v) is 8.97. The summed E-state index contributed by atoms with van der Waals surface area (Å²) in [6.07, 6.45) is 0. The van der Waals surface area contributed by atoms with Crippen LogP contribution in [0.4, 0.5) is 5.69 Å². The molecule has 1 heterocycles. The molecule has 0 aliphatic carbocycles. The Balaban J connectivity index is 1.62. The van der Waals surface area contributed by atoms with Gasteiger partial charge in [0.15, 0.2) is 0 Å². The maximum absolute atomic E-state index is 12.2. The van der Waals surface area contributed by atoms with Crippen molar-refractivity contribution < 1.29 is 9.21 Å². The van der Waals surface area contributed by atoms with Crippen molar-refractivity contribution in [3.05, 3.63) is 58.6 Å². The first-order valence-electron chi connectivity index (χ1n) is 7.34. The molecule has 0 saturated carbocycles. The number of amides is 1. The number of rotatable bonds is 5. The Labute approximate surface area is 158 Å². The molecule has 0 aliphatic heterocycles. The second-order valence-electron chi connectivity index (χ2n) is 5.14. The Morgan fingerprint density at radius 1 is 1.04 bits per heavy atom. The monoisotopic (exact) mass is 393 g/mol. The highest BCUT2D eigenvalue weighted by Crippen LogP contribution is 2.27. The molecule has 0 aliphatic rings. The molecule has 8 heteroatoms. The summed E-state index contributed by atoms with van der Waals surface area (Å²) in [6.45, 7) is 1.77. The Kier molecular flexibility index (Phi) is 5.63. The van der Waals surface area contributed by atoms with E-state index in [4.69, 9.17) is 27.6 Å². The van der Waals surface area contributed by atoms with Crippen molar-refractivity contribution in [2.45, 2.75) is 17.4 Å². The Morgan fingerprint density at radius 3 is 2.28 bits per heavy atom. The molecular weight excluding hydrogens is 381 g/mol. The van der Waals surface area contributed by atoms with Crippen LogP contribution in [-0.2, 0) is 4.79 Å². The summed E-state index contributed by atoms with van der Waals surface area (Å²) in [6, 6.07) is 14.0. The zero-order valence-electron chi connectivity index (χ0n) is 13.1. The average molecular weight is 394 g/mol. The third-order valence-corrected chi connectivity index (χ3v) is 4.69. The molecule has 1 atom stereocenters. The number of halogens is 2. The Hall–Kier alpha value is -2.02. The van der Waals surface area contributed by atoms with Crippen molar-refractivity contribution in [3.63, 3.8) is 0 Å². The minimum Gasteiger partial charge on any atom is -0.411 e. The molecule has 1 amide bonds. The fourth-order valence-electron chi connectivity index (χ4n) is 1.95. The second kappa shape index (κ2) is 7.91. The van der Waals surface area contributed by atoms with Crippen LogP contribution < -0.4 is 5.32 Å². The number of carbonyl (C=O) groups is 1. The predicted octanol–water partition coefficient (Wildman–Crippen LogP) is 5.16. The third kappa shape index (κ3) is 4.75. The van der Waals surface area contributed by atoms with Crippen molar-refractivity contribution in [3.8, 4) is 11.5 Å². The molecule has 0 bridgehead atoms. The average Bonchev–Trinajstić information content (AvgIpc) is 3.06. The van der Waals surface area contributed by atoms with Gasteiger partial charge in [-0.3, -0.25) is 4.79 Å². The van der Waals surface area contributed by atoms with Gasteiger partial charge < -0.3 is 9.73 Å². The highest BCUT2D eigenvalue weighted by Gasteiger charge is 2.19. The van der Waals surface area contributed by atoms with Crippen molar-refractivity contribution in [2.24, 2.45) is 0 Å². The summed E-state index contributed by atoms with van der Waals surface area (Å²) < 4.78 is 5.60. The number of anilines is 1. The van der Waals surface area contributed by atoms with Crippen LogP contribution >= 0.6 is 35.0 Å². The van der Waals surface area contributed by atoms with E-state index in [9.17, 15) is 4.79 Å². The maximum Gasteiger partial charge on any atom is 0.277 e. The number of hydrogen-bond acceptors (Lipinski definition) is 5. The van der Waals surface area contributed by atoms with Crippen LogP contribution in [0.15, 0.2) is 58.2 Å². The highest BCUT2D eigenvalue weighted by molar-refractivity contribution is 8.00. The molecule has 2 aromatic carbocycles. The normalized spacial score (nSPS) is 12.0. The fraction of sp³-hybridized carbons (Fsp3) is 0.118. The van der Waals surface area contributed by atoms with Crippen LogP contribution in [0.1, 0.15) is 6.92 Å². The van der Waals surface area contributed by atoms with Gasteiger partial charge in [-0.25, -0.2) is 0 Å². The number of aromatic nitrogens is 2. The first-order chi connectivity index (χ1) is 12.0. The van der Waals surface area contributed by atoms with E-state index >= 15 is 0 Å². The van der Waals surface area contributed by atoms with Gasteiger partial charge in [0, 0.05) is 21.3 Å². The van der Waals surface area contributed by atoms with Gasteiger partial charge in [0.25, 0.3) is 5.22 Å². The minimum atomic E-state index is -0.408. The zero-order valence-corrected chi connectivity index (χ0v) is 15.4. The van der Waals surface area contributed by atoms with Crippen molar-refractivity contribution in [1.82, 2.24) is 10.2 Å². The van der Waals surface area contributed by atoms with Gasteiger partial charge in [-0.15, -0.1) is 10.2 Å². The van der Waals surface area contributed by atoms with Crippen LogP contribution in [0, 0.1) is 0 Å². The number of benzene rings is 2. The number of nitrogens with zero attached hydrogens (tertiary/aromatic N) is 2. The molecule has 25 heavy (non-hydrogen) atoms. The van der Waals surface area contributed by atoms with E-state index in [1.165, 1.54) is 11.8 Å². The van der Waals surface area contributed by atoms with Crippen molar-refractivity contribution in [1.29, 1.82) is 0 Å². The van der Waals surface area contributed by atoms with E-state index in [1.54, 1.807) is 55.5 Å². The summed E-state index contributed by atoms with van der Waals surface area (Å²) in [5.74, 6) is 0.211. The first kappa shape index (κ1) is 17.8. The van der Waals surface area contributed by atoms with E-state index in [0.717, 1.165) is 5.56 Å². The molecule has 128 valence electrons. The van der Waals surface area contributed by atoms with Gasteiger partial charge in [0.05, 0.1) is 5.25 Å². The van der Waals surface area contributed by atoms with Gasteiger partial charge in [0.2, 0.25) is 11.8 Å². The van der Waals surface area contributed by atoms with Crippen LogP contribution in [0.5, 0.6) is 0 Å². The third-order valence-electron chi connectivity index (χ3n) is 3.26. The molecule has 5 nitrogen and oxygen atoms in total. The molecule has 3 aromatic rings. The lowest BCUT2D eigenvalue weighted by Crippen LogP contribution is -2.22. The lowest BCUT2D eigenvalue weighted by Gasteiger charge is -2.09. The van der Waals surface area contributed by atoms with E-state index in [0.29, 0.717) is 26.8 Å². The summed E-state index contributed by atoms with van der Waals surface area (Å²) >= 11 is 12.9. The fourth-order valence-corrected chi connectivity index (χ4v) is 2.88. The molecule has 1 aromatic heterocycles. The quantitative estimate of drug-likeness (QED) is 0.606. The van der Waals surface area contributed by atoms with E-state index < -0.39 is 5.25 Å². The van der Waals surface area contributed by atoms with Crippen LogP contribution in [0.25, 0.3) is 11.5 Å². The van der Waals surface area contributed by atoms with Gasteiger partial charge in [-0.2, -0.15) is 0 Å². The summed E-state index contributed by atoms with van der Waals surface area (Å²) in [4.78, 5) is 12.2. The number of carbonyl (C=O) groups excluding carboxylic acids is 1. The summed E-state index contributed by atoms with van der Waals surface area (Å²) in [7, 11) is 0. The van der Waals surface area contributed by atoms with Crippen molar-refractivity contribution >= 4 is 46.6 Å². The zero-order chi connectivity index (χ0) is 17.8. The summed E-state index contributed by atoms with van der Waals surface area (Å²) in [5, 5.41) is 11.9. The molecule has 0 saturated heterocycles. The van der Waals surface area contributed by atoms with Gasteiger partial charge in [0.1, 0.15) is 0 Å². The van der Waals surface area contributed by atoms with Crippen molar-refractivity contribution in [2.75, 3.05) is 5.32 Å². The predicted molar refractivity (Wildman–Crippen MR) is 100 cm³/mol. The molecule has 0 spiro atoms. The van der Waals surface area contributed by atoms with E-state index in [1.807, 2.05) is 0 Å². The smallest absolute Gasteiger partial charge is 0.277 e. The van der Waals surface area contributed by atoms with E-state index in [-0.39, 0.29) is 5.91 Å². The Bertz CT molecular complexity index is 866. The molecule has 0 unspecified atom stereocenters. The van der Waals surface area contributed by atoms with Crippen LogP contribution in [-0.4, -0.2) is 21.4 Å². The minimum absolute atomic E-state index is 0.168. The van der Waals surface area contributed by atoms with Crippen LogP contribution in [0.3, 0.4) is 0 Å². The summed E-state index contributed by atoms with van der Waals surface area (Å²) in [5.41, 5.74) is 1.44. The molecule has 0 radical (unpaired) electrons. The molecular formula is C17H13Cl2N3O2S. The highest BCUT2D eigenvalue weighted by atomic mass is 35.5. The second-order valence-corrected chi connectivity index (χ2v) is 7.30. The molecule has 1 N–H and O–H groups in total. The topological polar surface area (TPSA) is 68.0 Å². The van der Waals surface area contributed by atoms with Gasteiger partial charge in [-0.1, -0.05) is 35.0 Å². The number of nitrogens with one attached hydrogen (secondary N) is 1. The lowest BCUT2D eigenvalue weighted by atomic mass is 10.2. The van der Waals surface area contributed by atoms with Gasteiger partial charge in [-0.05, 0) is 55.5 Å². The number of hydrogen-bond donors (Lipinski definition) is 1. The lowest BCUT2D eigenvalue weighted by molar-refractivity contribution is -0.115. The number of thioether (sulfide) groups is 1. The molecule has 3 rings (SSSR count). The SMILES string of the molecule is C[C@@H](Sc1nnc(-c2ccc(Cl)cc2)o1)C(=O)Nc1ccc(Cl)cc1. The van der Waals surface area contributed by atoms with Crippen LogP contribution in [0.2, 0.25) is 10.0 Å².